The number of nitrogens with one attached hydrogen (secondary N) is 1. The fourth-order valence-corrected chi connectivity index (χ4v) is 3.09. The SMILES string of the molecule is CCC(c1ccccc1)C(C(=O)NCCC[N+](C)(C)[O-])C(C)C(=O)[O-]. The number of rotatable bonds is 10. The van der Waals surface area contributed by atoms with Crippen molar-refractivity contribution in [2.75, 3.05) is 27.2 Å². The molecule has 3 unspecified atom stereocenters. The average Bonchev–Trinajstić information content (AvgIpc) is 2.55. The third-order valence-corrected chi connectivity index (χ3v) is 4.49. The monoisotopic (exact) mass is 349 g/mol. The van der Waals surface area contributed by atoms with Crippen molar-refractivity contribution in [2.45, 2.75) is 32.6 Å². The number of hydroxylamine groups is 3. The second-order valence-electron chi connectivity index (χ2n) is 7.00. The van der Waals surface area contributed by atoms with Crippen molar-refractivity contribution in [1.82, 2.24) is 5.32 Å². The molecule has 0 bridgehead atoms. The fraction of sp³-hybridized carbons (Fsp3) is 0.579. The normalized spacial score (nSPS) is 15.2. The summed E-state index contributed by atoms with van der Waals surface area (Å²) in [4.78, 5) is 24.1. The van der Waals surface area contributed by atoms with E-state index in [-0.39, 0.29) is 11.8 Å². The maximum atomic E-state index is 12.7. The van der Waals surface area contributed by atoms with Crippen LogP contribution in [-0.4, -0.2) is 43.7 Å². The molecule has 6 nitrogen and oxygen atoms in total. The Bertz CT molecular complexity index is 554. The number of carboxylic acids is 1. The molecule has 3 atom stereocenters. The molecule has 140 valence electrons. The lowest BCUT2D eigenvalue weighted by atomic mass is 9.76. The highest BCUT2D eigenvalue weighted by atomic mass is 16.5. The maximum absolute atomic E-state index is 12.7. The third kappa shape index (κ3) is 6.84. The first-order valence-corrected chi connectivity index (χ1v) is 8.75. The van der Waals surface area contributed by atoms with Crippen molar-refractivity contribution in [3.8, 4) is 0 Å². The van der Waals surface area contributed by atoms with E-state index in [1.807, 2.05) is 37.3 Å². The number of hydrogen-bond donors (Lipinski definition) is 1. The fourth-order valence-electron chi connectivity index (χ4n) is 3.09. The topological polar surface area (TPSA) is 92.3 Å². The molecule has 25 heavy (non-hydrogen) atoms. The van der Waals surface area contributed by atoms with Crippen LogP contribution < -0.4 is 10.4 Å². The summed E-state index contributed by atoms with van der Waals surface area (Å²) in [5.41, 5.74) is 0.940. The molecule has 1 aromatic rings. The Morgan fingerprint density at radius 1 is 1.20 bits per heavy atom. The molecule has 1 amide bonds. The van der Waals surface area contributed by atoms with Crippen LogP contribution >= 0.6 is 0 Å². The summed E-state index contributed by atoms with van der Waals surface area (Å²) in [6.45, 7) is 4.20. The summed E-state index contributed by atoms with van der Waals surface area (Å²) in [6.07, 6.45) is 1.18. The van der Waals surface area contributed by atoms with Crippen LogP contribution in [0.5, 0.6) is 0 Å². The Kier molecular flexibility index (Phi) is 8.06. The van der Waals surface area contributed by atoms with Gasteiger partial charge in [0, 0.05) is 24.9 Å². The van der Waals surface area contributed by atoms with Gasteiger partial charge in [-0.1, -0.05) is 44.2 Å². The van der Waals surface area contributed by atoms with Gasteiger partial charge in [-0.3, -0.25) is 4.79 Å². The number of carbonyl (C=O) groups is 2. The molecule has 0 aliphatic carbocycles. The van der Waals surface area contributed by atoms with Crippen molar-refractivity contribution >= 4 is 11.9 Å². The van der Waals surface area contributed by atoms with Crippen LogP contribution in [-0.2, 0) is 9.59 Å². The molecular formula is C19H29N2O4-. The lowest BCUT2D eigenvalue weighted by Gasteiger charge is -2.34. The zero-order chi connectivity index (χ0) is 19.0. The zero-order valence-electron chi connectivity index (χ0n) is 15.5. The maximum Gasteiger partial charge on any atom is 0.224 e. The largest absolute Gasteiger partial charge is 0.633 e. The first kappa shape index (κ1) is 21.1. The van der Waals surface area contributed by atoms with Gasteiger partial charge in [0.05, 0.1) is 26.6 Å². The van der Waals surface area contributed by atoms with Crippen LogP contribution in [0.2, 0.25) is 0 Å². The van der Waals surface area contributed by atoms with Crippen LogP contribution in [0.15, 0.2) is 30.3 Å². The standard InChI is InChI=1S/C19H30N2O4/c1-5-16(15-10-7-6-8-11-15)17(14(2)19(23)24)18(22)20-12-9-13-21(3,4)25/h6-8,10-11,14,16-17H,5,9,12-13H2,1-4H3,(H,20,22)(H,23,24)/p-1. The summed E-state index contributed by atoms with van der Waals surface area (Å²) in [7, 11) is 3.09. The van der Waals surface area contributed by atoms with Crippen LogP contribution in [0, 0.1) is 17.0 Å². The van der Waals surface area contributed by atoms with E-state index in [0.29, 0.717) is 25.9 Å². The number of nitrogens with zero attached hydrogens (tertiary/aromatic N) is 1. The smallest absolute Gasteiger partial charge is 0.224 e. The molecule has 0 heterocycles. The Hall–Kier alpha value is -1.92. The van der Waals surface area contributed by atoms with Crippen molar-refractivity contribution < 1.29 is 19.3 Å². The summed E-state index contributed by atoms with van der Waals surface area (Å²) >= 11 is 0. The van der Waals surface area contributed by atoms with E-state index in [9.17, 15) is 19.9 Å². The zero-order valence-corrected chi connectivity index (χ0v) is 15.5. The van der Waals surface area contributed by atoms with Gasteiger partial charge >= 0.3 is 0 Å². The highest BCUT2D eigenvalue weighted by Crippen LogP contribution is 2.33. The summed E-state index contributed by atoms with van der Waals surface area (Å²) in [6, 6.07) is 9.47. The van der Waals surface area contributed by atoms with Crippen LogP contribution in [0.1, 0.15) is 38.2 Å². The number of amides is 1. The van der Waals surface area contributed by atoms with Gasteiger partial charge in [0.1, 0.15) is 0 Å². The number of quaternary nitrogens is 1. The number of carbonyl (C=O) groups excluding carboxylic acids is 2. The molecule has 6 heteroatoms. The molecule has 1 aromatic carbocycles. The first-order chi connectivity index (χ1) is 11.7. The Balaban J connectivity index is 2.88. The molecule has 1 N–H and O–H groups in total. The summed E-state index contributed by atoms with van der Waals surface area (Å²) < 4.78 is -0.420. The summed E-state index contributed by atoms with van der Waals surface area (Å²) in [5.74, 6) is -3.36. The molecule has 1 rings (SSSR count). The van der Waals surface area contributed by atoms with Gasteiger partial charge in [-0.2, -0.15) is 0 Å². The second-order valence-corrected chi connectivity index (χ2v) is 7.00. The average molecular weight is 349 g/mol. The lowest BCUT2D eigenvalue weighted by molar-refractivity contribution is -0.840. The Labute approximate surface area is 150 Å². The van der Waals surface area contributed by atoms with Gasteiger partial charge in [-0.05, 0) is 17.9 Å². The van der Waals surface area contributed by atoms with Gasteiger partial charge < -0.3 is 25.1 Å². The van der Waals surface area contributed by atoms with Crippen molar-refractivity contribution in [2.24, 2.45) is 11.8 Å². The van der Waals surface area contributed by atoms with E-state index in [0.717, 1.165) is 5.56 Å². The van der Waals surface area contributed by atoms with Crippen LogP contribution in [0.25, 0.3) is 0 Å². The molecule has 0 aliphatic heterocycles. The van der Waals surface area contributed by atoms with E-state index in [2.05, 4.69) is 5.32 Å². The lowest BCUT2D eigenvalue weighted by Crippen LogP contribution is -2.45. The van der Waals surface area contributed by atoms with Gasteiger partial charge in [0.25, 0.3) is 0 Å². The van der Waals surface area contributed by atoms with E-state index in [4.69, 9.17) is 0 Å². The van der Waals surface area contributed by atoms with Gasteiger partial charge in [0.2, 0.25) is 5.91 Å². The van der Waals surface area contributed by atoms with Gasteiger partial charge in [-0.25, -0.2) is 0 Å². The van der Waals surface area contributed by atoms with Crippen molar-refractivity contribution in [3.63, 3.8) is 0 Å². The minimum atomic E-state index is -1.23. The van der Waals surface area contributed by atoms with E-state index in [1.165, 1.54) is 6.92 Å². The summed E-state index contributed by atoms with van der Waals surface area (Å²) in [5, 5.41) is 25.8. The number of benzene rings is 1. The molecule has 0 radical (unpaired) electrons. The predicted molar refractivity (Wildman–Crippen MR) is 95.1 cm³/mol. The Morgan fingerprint density at radius 2 is 1.80 bits per heavy atom. The van der Waals surface area contributed by atoms with Gasteiger partial charge in [0.15, 0.2) is 0 Å². The van der Waals surface area contributed by atoms with E-state index < -0.39 is 22.5 Å². The number of aliphatic carboxylic acids is 1. The highest BCUT2D eigenvalue weighted by Gasteiger charge is 2.33. The minimum absolute atomic E-state index is 0.208. The molecule has 0 aromatic heterocycles. The highest BCUT2D eigenvalue weighted by molar-refractivity contribution is 5.84. The number of hydrogen-bond acceptors (Lipinski definition) is 4. The third-order valence-electron chi connectivity index (χ3n) is 4.49. The van der Waals surface area contributed by atoms with Crippen LogP contribution in [0.4, 0.5) is 0 Å². The first-order valence-electron chi connectivity index (χ1n) is 8.75. The second kappa shape index (κ2) is 9.53. The van der Waals surface area contributed by atoms with Gasteiger partial charge in [-0.15, -0.1) is 0 Å². The minimum Gasteiger partial charge on any atom is -0.633 e. The molecule has 0 spiro atoms. The number of carboxylic acid groups (broad SMARTS) is 1. The predicted octanol–water partition coefficient (Wildman–Crippen LogP) is 1.26. The Morgan fingerprint density at radius 3 is 2.28 bits per heavy atom. The molecular weight excluding hydrogens is 320 g/mol. The van der Waals surface area contributed by atoms with E-state index in [1.54, 1.807) is 14.1 Å². The molecule has 0 fully saturated rings. The van der Waals surface area contributed by atoms with Crippen molar-refractivity contribution in [3.05, 3.63) is 41.1 Å². The molecule has 0 aliphatic rings. The molecule has 0 saturated heterocycles. The van der Waals surface area contributed by atoms with E-state index >= 15 is 0 Å². The quantitative estimate of drug-likeness (QED) is 0.391. The van der Waals surface area contributed by atoms with Crippen LogP contribution in [0.3, 0.4) is 0 Å². The molecule has 0 saturated carbocycles. The van der Waals surface area contributed by atoms with Crippen molar-refractivity contribution in [1.29, 1.82) is 0 Å².